The van der Waals surface area contributed by atoms with Crippen LogP contribution in [0, 0.1) is 0 Å². The molecular weight excluding hydrogens is 345 g/mol. The van der Waals surface area contributed by atoms with Crippen LogP contribution in [0.3, 0.4) is 0 Å². The average molecular weight is 365 g/mol. The summed E-state index contributed by atoms with van der Waals surface area (Å²) >= 11 is 17.6. The van der Waals surface area contributed by atoms with Crippen molar-refractivity contribution < 1.29 is 5.48 Å². The molecule has 0 amide bonds. The summed E-state index contributed by atoms with van der Waals surface area (Å²) in [5, 5.41) is 5.21. The first-order valence-electron chi connectivity index (χ1n) is 6.87. The summed E-state index contributed by atoms with van der Waals surface area (Å²) in [6.07, 6.45) is 1.79. The first-order valence-corrected chi connectivity index (χ1v) is 8.31. The molecule has 0 spiro atoms. The van der Waals surface area contributed by atoms with Gasteiger partial charge in [-0.3, -0.25) is 9.88 Å². The highest BCUT2D eigenvalue weighted by molar-refractivity contribution is 6.31. The smallest absolute Gasteiger partial charge is 0.0737 e. The number of alkyl halides is 2. The van der Waals surface area contributed by atoms with Gasteiger partial charge in [0.2, 0.25) is 0 Å². The summed E-state index contributed by atoms with van der Waals surface area (Å²) in [5.74, 6) is 1.24. The van der Waals surface area contributed by atoms with Gasteiger partial charge in [0.05, 0.1) is 5.52 Å². The number of benzene rings is 1. The Balaban J connectivity index is 0.00000242. The maximum Gasteiger partial charge on any atom is 0.0737 e. The predicted octanol–water partition coefficient (Wildman–Crippen LogP) is 3.26. The van der Waals surface area contributed by atoms with Gasteiger partial charge in [-0.1, -0.05) is 11.6 Å². The third-order valence-corrected chi connectivity index (χ3v) is 3.82. The molecule has 0 aliphatic rings. The average Bonchev–Trinajstić information content (AvgIpc) is 2.47. The minimum atomic E-state index is 0. The van der Waals surface area contributed by atoms with E-state index >= 15 is 0 Å². The molecule has 3 N–H and O–H groups in total. The van der Waals surface area contributed by atoms with Gasteiger partial charge in [-0.15, -0.1) is 23.2 Å². The van der Waals surface area contributed by atoms with E-state index in [9.17, 15) is 0 Å². The van der Waals surface area contributed by atoms with E-state index in [-0.39, 0.29) is 5.48 Å². The summed E-state index contributed by atoms with van der Waals surface area (Å²) in [6.45, 7) is 3.43. The normalized spacial score (nSPS) is 10.7. The Bertz CT molecular complexity index is 577. The minimum Gasteiger partial charge on any atom is -0.412 e. The van der Waals surface area contributed by atoms with Gasteiger partial charge in [0.25, 0.3) is 0 Å². The lowest BCUT2D eigenvalue weighted by Crippen LogP contribution is -2.32. The first-order chi connectivity index (χ1) is 10.2. The third kappa shape index (κ3) is 5.45. The number of nitrogens with zero attached hydrogens (tertiary/aromatic N) is 2. The van der Waals surface area contributed by atoms with Gasteiger partial charge in [-0.05, 0) is 24.3 Å². The van der Waals surface area contributed by atoms with E-state index in [0.29, 0.717) is 16.8 Å². The number of rotatable bonds is 8. The summed E-state index contributed by atoms with van der Waals surface area (Å²) in [6, 6.07) is 7.71. The number of hydrogen-bond acceptors (Lipinski definition) is 3. The van der Waals surface area contributed by atoms with Crippen molar-refractivity contribution in [1.29, 1.82) is 0 Å². The van der Waals surface area contributed by atoms with Gasteiger partial charge < -0.3 is 10.8 Å². The predicted molar refractivity (Wildman–Crippen MR) is 96.7 cm³/mol. The number of halogens is 3. The second-order valence-corrected chi connectivity index (χ2v) is 5.86. The number of nitrogens with one attached hydrogen (secondary N) is 1. The van der Waals surface area contributed by atoms with Crippen molar-refractivity contribution in [3.63, 3.8) is 0 Å². The SMILES string of the molecule is ClCCN(CCCl)CCNc1ccnc2cc(Cl)ccc12.O. The Morgan fingerprint density at radius 2 is 1.77 bits per heavy atom. The lowest BCUT2D eigenvalue weighted by molar-refractivity contribution is 0.319. The molecule has 0 unspecified atom stereocenters. The number of aromatic nitrogens is 1. The molecule has 2 rings (SSSR count). The largest absolute Gasteiger partial charge is 0.412 e. The van der Waals surface area contributed by atoms with E-state index in [1.54, 1.807) is 6.20 Å². The summed E-state index contributed by atoms with van der Waals surface area (Å²) < 4.78 is 0. The van der Waals surface area contributed by atoms with Gasteiger partial charge in [-0.2, -0.15) is 0 Å². The molecule has 7 heteroatoms. The molecule has 22 heavy (non-hydrogen) atoms. The second-order valence-electron chi connectivity index (χ2n) is 4.67. The molecule has 4 nitrogen and oxygen atoms in total. The molecular formula is C15H20Cl3N3O. The monoisotopic (exact) mass is 363 g/mol. The van der Waals surface area contributed by atoms with Crippen molar-refractivity contribution in [2.75, 3.05) is 43.3 Å². The van der Waals surface area contributed by atoms with Crippen LogP contribution in [0.2, 0.25) is 5.02 Å². The quantitative estimate of drug-likeness (QED) is 0.731. The first kappa shape index (κ1) is 19.3. The van der Waals surface area contributed by atoms with E-state index in [1.807, 2.05) is 24.3 Å². The Kier molecular flexibility index (Phi) is 8.83. The van der Waals surface area contributed by atoms with E-state index in [1.165, 1.54) is 0 Å². The maximum absolute atomic E-state index is 5.99. The third-order valence-electron chi connectivity index (χ3n) is 3.25. The lowest BCUT2D eigenvalue weighted by atomic mass is 10.2. The highest BCUT2D eigenvalue weighted by atomic mass is 35.5. The van der Waals surface area contributed by atoms with Gasteiger partial charge in [0.15, 0.2) is 0 Å². The molecule has 0 fully saturated rings. The van der Waals surface area contributed by atoms with Crippen molar-refractivity contribution >= 4 is 51.4 Å². The van der Waals surface area contributed by atoms with Crippen LogP contribution in [0.1, 0.15) is 0 Å². The Morgan fingerprint density at radius 3 is 2.45 bits per heavy atom. The van der Waals surface area contributed by atoms with E-state index in [4.69, 9.17) is 34.8 Å². The van der Waals surface area contributed by atoms with Crippen LogP contribution in [-0.2, 0) is 0 Å². The molecule has 1 heterocycles. The van der Waals surface area contributed by atoms with E-state index in [2.05, 4.69) is 15.2 Å². The van der Waals surface area contributed by atoms with Crippen molar-refractivity contribution in [3.05, 3.63) is 35.5 Å². The molecule has 122 valence electrons. The van der Waals surface area contributed by atoms with Crippen LogP contribution in [0.15, 0.2) is 30.5 Å². The van der Waals surface area contributed by atoms with Crippen molar-refractivity contribution in [2.45, 2.75) is 0 Å². The van der Waals surface area contributed by atoms with Gasteiger partial charge >= 0.3 is 0 Å². The fourth-order valence-electron chi connectivity index (χ4n) is 2.20. The lowest BCUT2D eigenvalue weighted by Gasteiger charge is -2.20. The van der Waals surface area contributed by atoms with Gasteiger partial charge in [-0.25, -0.2) is 0 Å². The molecule has 0 saturated heterocycles. The van der Waals surface area contributed by atoms with Crippen molar-refractivity contribution in [3.8, 4) is 0 Å². The Labute approximate surface area is 145 Å². The zero-order valence-corrected chi connectivity index (χ0v) is 14.4. The second kappa shape index (κ2) is 10.1. The molecule has 0 atom stereocenters. The number of pyridine rings is 1. The molecule has 0 radical (unpaired) electrons. The van der Waals surface area contributed by atoms with Crippen LogP contribution in [0.4, 0.5) is 5.69 Å². The standard InChI is InChI=1S/C15H18Cl3N3.H2O/c16-4-8-21(9-5-17)10-7-20-14-3-6-19-15-11-12(18)1-2-13(14)15;/h1-3,6,11H,4-5,7-10H2,(H,19,20);1H2. The summed E-state index contributed by atoms with van der Waals surface area (Å²) in [7, 11) is 0. The molecule has 0 bridgehead atoms. The molecule has 0 saturated carbocycles. The van der Waals surface area contributed by atoms with Gasteiger partial charge in [0, 0.05) is 60.2 Å². The molecule has 2 aromatic rings. The zero-order valence-electron chi connectivity index (χ0n) is 12.2. The van der Waals surface area contributed by atoms with E-state index in [0.717, 1.165) is 42.8 Å². The molecule has 0 aliphatic heterocycles. The van der Waals surface area contributed by atoms with E-state index < -0.39 is 0 Å². The zero-order chi connectivity index (χ0) is 15.1. The fourth-order valence-corrected chi connectivity index (χ4v) is 2.84. The van der Waals surface area contributed by atoms with Crippen molar-refractivity contribution in [1.82, 2.24) is 9.88 Å². The Hall–Kier alpha value is -0.780. The Morgan fingerprint density at radius 1 is 1.05 bits per heavy atom. The summed E-state index contributed by atoms with van der Waals surface area (Å²) in [5.41, 5.74) is 1.96. The molecule has 1 aromatic heterocycles. The maximum atomic E-state index is 5.99. The fraction of sp³-hybridized carbons (Fsp3) is 0.400. The highest BCUT2D eigenvalue weighted by Gasteiger charge is 2.05. The minimum absolute atomic E-state index is 0. The highest BCUT2D eigenvalue weighted by Crippen LogP contribution is 2.24. The van der Waals surface area contributed by atoms with Gasteiger partial charge in [0.1, 0.15) is 0 Å². The number of hydrogen-bond donors (Lipinski definition) is 1. The molecule has 1 aromatic carbocycles. The topological polar surface area (TPSA) is 59.7 Å². The van der Waals surface area contributed by atoms with Crippen LogP contribution < -0.4 is 5.32 Å². The van der Waals surface area contributed by atoms with Crippen LogP contribution in [0.5, 0.6) is 0 Å². The van der Waals surface area contributed by atoms with Crippen LogP contribution >= 0.6 is 34.8 Å². The number of fused-ring (bicyclic) bond motifs is 1. The van der Waals surface area contributed by atoms with Crippen molar-refractivity contribution in [2.24, 2.45) is 0 Å². The summed E-state index contributed by atoms with van der Waals surface area (Å²) in [4.78, 5) is 6.58. The van der Waals surface area contributed by atoms with Crippen LogP contribution in [-0.4, -0.2) is 53.3 Å². The molecule has 0 aliphatic carbocycles. The number of anilines is 1. The van der Waals surface area contributed by atoms with Crippen LogP contribution in [0.25, 0.3) is 10.9 Å².